The standard InChI is InChI=1S/C10H8N2O3/c1-6-2-3-9(15-6)8-4-7(10(13)14)5-11-12-8/h2-5H,1H3,(H,13,14). The molecule has 0 saturated carbocycles. The number of carbonyl (C=O) groups is 1. The zero-order chi connectivity index (χ0) is 10.8. The van der Waals surface area contributed by atoms with Crippen LogP contribution in [0.1, 0.15) is 16.1 Å². The molecule has 2 aromatic rings. The predicted octanol–water partition coefficient (Wildman–Crippen LogP) is 1.74. The summed E-state index contributed by atoms with van der Waals surface area (Å²) in [6.07, 6.45) is 1.20. The number of rotatable bonds is 2. The highest BCUT2D eigenvalue weighted by Gasteiger charge is 2.09. The Morgan fingerprint density at radius 2 is 2.27 bits per heavy atom. The Morgan fingerprint density at radius 3 is 2.87 bits per heavy atom. The van der Waals surface area contributed by atoms with Crippen molar-refractivity contribution in [3.63, 3.8) is 0 Å². The number of furan rings is 1. The van der Waals surface area contributed by atoms with Crippen LogP contribution in [-0.2, 0) is 0 Å². The van der Waals surface area contributed by atoms with Gasteiger partial charge in [-0.15, -0.1) is 5.10 Å². The lowest BCUT2D eigenvalue weighted by molar-refractivity contribution is 0.0696. The van der Waals surface area contributed by atoms with Crippen LogP contribution in [0.15, 0.2) is 28.8 Å². The third-order valence-corrected chi connectivity index (χ3v) is 1.89. The van der Waals surface area contributed by atoms with Gasteiger partial charge in [-0.05, 0) is 25.1 Å². The Labute approximate surface area is 85.4 Å². The second-order valence-corrected chi connectivity index (χ2v) is 3.04. The van der Waals surface area contributed by atoms with Crippen LogP contribution in [-0.4, -0.2) is 21.3 Å². The highest BCUT2D eigenvalue weighted by Crippen LogP contribution is 2.19. The number of carboxylic acid groups (broad SMARTS) is 1. The van der Waals surface area contributed by atoms with Crippen molar-refractivity contribution in [3.8, 4) is 11.5 Å². The van der Waals surface area contributed by atoms with Crippen molar-refractivity contribution in [2.45, 2.75) is 6.92 Å². The molecule has 0 aliphatic rings. The summed E-state index contributed by atoms with van der Waals surface area (Å²) in [6, 6.07) is 4.93. The van der Waals surface area contributed by atoms with Gasteiger partial charge in [0.1, 0.15) is 11.5 Å². The Kier molecular flexibility index (Phi) is 2.21. The summed E-state index contributed by atoms with van der Waals surface area (Å²) in [4.78, 5) is 10.7. The fourth-order valence-corrected chi connectivity index (χ4v) is 1.18. The molecule has 2 aromatic heterocycles. The fourth-order valence-electron chi connectivity index (χ4n) is 1.18. The molecule has 5 heteroatoms. The van der Waals surface area contributed by atoms with Crippen LogP contribution in [0.4, 0.5) is 0 Å². The first kappa shape index (κ1) is 9.39. The first-order valence-electron chi connectivity index (χ1n) is 4.29. The van der Waals surface area contributed by atoms with Crippen LogP contribution in [0.3, 0.4) is 0 Å². The van der Waals surface area contributed by atoms with Crippen LogP contribution >= 0.6 is 0 Å². The molecule has 0 radical (unpaired) electrons. The van der Waals surface area contributed by atoms with Gasteiger partial charge in [0.15, 0.2) is 5.76 Å². The van der Waals surface area contributed by atoms with Crippen LogP contribution in [0.25, 0.3) is 11.5 Å². The van der Waals surface area contributed by atoms with Crippen molar-refractivity contribution in [1.29, 1.82) is 0 Å². The number of aromatic carboxylic acids is 1. The Bertz CT molecular complexity index is 505. The van der Waals surface area contributed by atoms with E-state index in [-0.39, 0.29) is 5.56 Å². The lowest BCUT2D eigenvalue weighted by atomic mass is 10.2. The van der Waals surface area contributed by atoms with Gasteiger partial charge in [0.05, 0.1) is 11.8 Å². The minimum Gasteiger partial charge on any atom is -0.478 e. The van der Waals surface area contributed by atoms with E-state index in [4.69, 9.17) is 9.52 Å². The van der Waals surface area contributed by atoms with Crippen molar-refractivity contribution < 1.29 is 14.3 Å². The highest BCUT2D eigenvalue weighted by atomic mass is 16.4. The number of hydrogen-bond donors (Lipinski definition) is 1. The van der Waals surface area contributed by atoms with Crippen molar-refractivity contribution in [2.75, 3.05) is 0 Å². The van der Waals surface area contributed by atoms with E-state index in [1.54, 1.807) is 19.1 Å². The maximum Gasteiger partial charge on any atom is 0.337 e. The van der Waals surface area contributed by atoms with Gasteiger partial charge in [0.25, 0.3) is 0 Å². The van der Waals surface area contributed by atoms with E-state index in [0.29, 0.717) is 11.5 Å². The van der Waals surface area contributed by atoms with E-state index >= 15 is 0 Å². The number of aryl methyl sites for hydroxylation is 1. The van der Waals surface area contributed by atoms with Crippen LogP contribution in [0.5, 0.6) is 0 Å². The topological polar surface area (TPSA) is 76.2 Å². The van der Waals surface area contributed by atoms with Crippen molar-refractivity contribution >= 4 is 5.97 Å². The van der Waals surface area contributed by atoms with E-state index in [2.05, 4.69) is 10.2 Å². The van der Waals surface area contributed by atoms with E-state index in [1.807, 2.05) is 0 Å². The first-order valence-corrected chi connectivity index (χ1v) is 4.29. The smallest absolute Gasteiger partial charge is 0.337 e. The second kappa shape index (κ2) is 3.53. The summed E-state index contributed by atoms with van der Waals surface area (Å²) in [7, 11) is 0. The van der Waals surface area contributed by atoms with E-state index in [9.17, 15) is 4.79 Å². The molecule has 1 N–H and O–H groups in total. The summed E-state index contributed by atoms with van der Waals surface area (Å²) in [5, 5.41) is 16.2. The molecule has 0 bridgehead atoms. The molecule has 5 nitrogen and oxygen atoms in total. The average molecular weight is 204 g/mol. The molecule has 76 valence electrons. The quantitative estimate of drug-likeness (QED) is 0.806. The minimum atomic E-state index is -1.03. The summed E-state index contributed by atoms with van der Waals surface area (Å²) in [6.45, 7) is 1.80. The zero-order valence-corrected chi connectivity index (χ0v) is 7.97. The van der Waals surface area contributed by atoms with E-state index < -0.39 is 5.97 Å². The molecule has 0 aromatic carbocycles. The summed E-state index contributed by atoms with van der Waals surface area (Å²) in [5.74, 6) is 0.227. The molecule has 0 aliphatic carbocycles. The SMILES string of the molecule is Cc1ccc(-c2cc(C(=O)O)cnn2)o1. The molecular formula is C10H8N2O3. The number of hydrogen-bond acceptors (Lipinski definition) is 4. The molecule has 15 heavy (non-hydrogen) atoms. The fraction of sp³-hybridized carbons (Fsp3) is 0.100. The average Bonchev–Trinajstić information content (AvgIpc) is 2.65. The van der Waals surface area contributed by atoms with Crippen LogP contribution in [0, 0.1) is 6.92 Å². The van der Waals surface area contributed by atoms with Crippen molar-refractivity contribution in [2.24, 2.45) is 0 Å². The molecule has 2 heterocycles. The van der Waals surface area contributed by atoms with Gasteiger partial charge in [-0.2, -0.15) is 5.10 Å². The third kappa shape index (κ3) is 1.85. The van der Waals surface area contributed by atoms with Crippen molar-refractivity contribution in [1.82, 2.24) is 10.2 Å². The van der Waals surface area contributed by atoms with Crippen LogP contribution in [0.2, 0.25) is 0 Å². The summed E-state index contributed by atoms with van der Waals surface area (Å²) < 4.78 is 5.31. The summed E-state index contributed by atoms with van der Waals surface area (Å²) >= 11 is 0. The largest absolute Gasteiger partial charge is 0.478 e. The van der Waals surface area contributed by atoms with Crippen LogP contribution < -0.4 is 0 Å². The van der Waals surface area contributed by atoms with E-state index in [0.717, 1.165) is 5.76 Å². The first-order chi connectivity index (χ1) is 7.16. The van der Waals surface area contributed by atoms with Gasteiger partial charge in [-0.1, -0.05) is 0 Å². The maximum atomic E-state index is 10.7. The molecule has 2 rings (SSSR count). The second-order valence-electron chi connectivity index (χ2n) is 3.04. The van der Waals surface area contributed by atoms with Gasteiger partial charge in [-0.25, -0.2) is 4.79 Å². The molecule has 0 atom stereocenters. The van der Waals surface area contributed by atoms with Gasteiger partial charge >= 0.3 is 5.97 Å². The van der Waals surface area contributed by atoms with E-state index in [1.165, 1.54) is 12.3 Å². The van der Waals surface area contributed by atoms with Gasteiger partial charge in [0.2, 0.25) is 0 Å². The minimum absolute atomic E-state index is 0.0917. The highest BCUT2D eigenvalue weighted by molar-refractivity contribution is 5.88. The Hall–Kier alpha value is -2.17. The third-order valence-electron chi connectivity index (χ3n) is 1.89. The van der Waals surface area contributed by atoms with Gasteiger partial charge < -0.3 is 9.52 Å². The molecule has 0 unspecified atom stereocenters. The number of carboxylic acids is 1. The van der Waals surface area contributed by atoms with Crippen molar-refractivity contribution in [3.05, 3.63) is 35.7 Å². The molecule has 0 saturated heterocycles. The Balaban J connectivity index is 2.45. The summed E-state index contributed by atoms with van der Waals surface area (Å²) in [5.41, 5.74) is 0.511. The molecular weight excluding hydrogens is 196 g/mol. The molecule has 0 fully saturated rings. The normalized spacial score (nSPS) is 10.2. The Morgan fingerprint density at radius 1 is 1.47 bits per heavy atom. The zero-order valence-electron chi connectivity index (χ0n) is 7.97. The predicted molar refractivity (Wildman–Crippen MR) is 51.4 cm³/mol. The van der Waals surface area contributed by atoms with Gasteiger partial charge in [-0.3, -0.25) is 0 Å². The lowest BCUT2D eigenvalue weighted by Gasteiger charge is -1.96. The maximum absolute atomic E-state index is 10.7. The molecule has 0 spiro atoms. The van der Waals surface area contributed by atoms with Gasteiger partial charge in [0, 0.05) is 0 Å². The molecule has 0 aliphatic heterocycles. The molecule has 0 amide bonds. The number of nitrogens with zero attached hydrogens (tertiary/aromatic N) is 2. The monoisotopic (exact) mass is 204 g/mol. The number of aromatic nitrogens is 2. The lowest BCUT2D eigenvalue weighted by Crippen LogP contribution is -1.99.